The molecule has 112 valence electrons. The molecular weight excluding hydrogens is 352 g/mol. The van der Waals surface area contributed by atoms with Gasteiger partial charge in [-0.2, -0.15) is 0 Å². The van der Waals surface area contributed by atoms with E-state index in [2.05, 4.69) is 21.4 Å². The van der Waals surface area contributed by atoms with Gasteiger partial charge in [-0.15, -0.1) is 0 Å². The maximum absolute atomic E-state index is 13.7. The standard InChI is InChI=1S/C14H11BrF4N2/c15-12-8(4-5-10(17)14(12)19)11(21-20)6-7-2-1-3-9(16)13(7)18/h1-5,11,21H,6,20H2. The van der Waals surface area contributed by atoms with E-state index in [1.54, 1.807) is 0 Å². The Morgan fingerprint density at radius 1 is 1.00 bits per heavy atom. The van der Waals surface area contributed by atoms with Crippen LogP contribution in [-0.2, 0) is 6.42 Å². The highest BCUT2D eigenvalue weighted by atomic mass is 79.9. The van der Waals surface area contributed by atoms with Crippen LogP contribution in [0.25, 0.3) is 0 Å². The van der Waals surface area contributed by atoms with Crippen molar-refractivity contribution in [3.8, 4) is 0 Å². The zero-order valence-electron chi connectivity index (χ0n) is 10.6. The normalized spacial score (nSPS) is 12.5. The highest BCUT2D eigenvalue weighted by Gasteiger charge is 2.20. The summed E-state index contributed by atoms with van der Waals surface area (Å²) in [5, 5.41) is 0. The predicted octanol–water partition coefficient (Wildman–Crippen LogP) is 3.75. The number of halogens is 5. The monoisotopic (exact) mass is 362 g/mol. The number of hydrogen-bond acceptors (Lipinski definition) is 2. The number of benzene rings is 2. The summed E-state index contributed by atoms with van der Waals surface area (Å²) in [4.78, 5) is 0. The molecule has 2 rings (SSSR count). The highest BCUT2D eigenvalue weighted by molar-refractivity contribution is 9.10. The highest BCUT2D eigenvalue weighted by Crippen LogP contribution is 2.30. The average Bonchev–Trinajstić information content (AvgIpc) is 2.47. The van der Waals surface area contributed by atoms with Gasteiger partial charge < -0.3 is 0 Å². The van der Waals surface area contributed by atoms with E-state index in [0.29, 0.717) is 5.56 Å². The minimum absolute atomic E-state index is 0.0240. The Labute approximate surface area is 127 Å². The molecule has 0 aromatic heterocycles. The number of nitrogens with two attached hydrogens (primary N) is 1. The Hall–Kier alpha value is -1.44. The third kappa shape index (κ3) is 3.25. The largest absolute Gasteiger partial charge is 0.271 e. The second kappa shape index (κ2) is 6.55. The second-order valence-electron chi connectivity index (χ2n) is 4.40. The average molecular weight is 363 g/mol. The summed E-state index contributed by atoms with van der Waals surface area (Å²) in [5.74, 6) is 1.35. The SMILES string of the molecule is NNC(Cc1cccc(F)c1F)c1ccc(F)c(F)c1Br. The molecule has 1 unspecified atom stereocenters. The van der Waals surface area contributed by atoms with Gasteiger partial charge in [0.1, 0.15) is 0 Å². The van der Waals surface area contributed by atoms with Crippen molar-refractivity contribution in [3.05, 3.63) is 69.2 Å². The summed E-state index contributed by atoms with van der Waals surface area (Å²) in [6, 6.07) is 5.31. The van der Waals surface area contributed by atoms with E-state index in [1.165, 1.54) is 18.2 Å². The molecule has 1 atom stereocenters. The van der Waals surface area contributed by atoms with Crippen LogP contribution in [0.1, 0.15) is 17.2 Å². The van der Waals surface area contributed by atoms with Crippen LogP contribution in [0.2, 0.25) is 0 Å². The lowest BCUT2D eigenvalue weighted by atomic mass is 9.98. The van der Waals surface area contributed by atoms with E-state index >= 15 is 0 Å². The summed E-state index contributed by atoms with van der Waals surface area (Å²) in [7, 11) is 0. The maximum atomic E-state index is 13.7. The fraction of sp³-hybridized carbons (Fsp3) is 0.143. The van der Waals surface area contributed by atoms with Crippen LogP contribution in [-0.4, -0.2) is 0 Å². The van der Waals surface area contributed by atoms with Gasteiger partial charge in [0.2, 0.25) is 0 Å². The van der Waals surface area contributed by atoms with Gasteiger partial charge in [0.15, 0.2) is 23.3 Å². The van der Waals surface area contributed by atoms with Gasteiger partial charge in [-0.25, -0.2) is 17.6 Å². The van der Waals surface area contributed by atoms with Gasteiger partial charge in [-0.05, 0) is 45.6 Å². The summed E-state index contributed by atoms with van der Waals surface area (Å²) in [5.41, 5.74) is 2.78. The molecule has 2 nitrogen and oxygen atoms in total. The maximum Gasteiger partial charge on any atom is 0.173 e. The van der Waals surface area contributed by atoms with Crippen LogP contribution >= 0.6 is 15.9 Å². The molecule has 0 aliphatic heterocycles. The van der Waals surface area contributed by atoms with Crippen LogP contribution in [0.5, 0.6) is 0 Å². The van der Waals surface area contributed by atoms with Gasteiger partial charge in [0.05, 0.1) is 10.5 Å². The van der Waals surface area contributed by atoms with Crippen LogP contribution in [0.15, 0.2) is 34.8 Å². The molecule has 0 radical (unpaired) electrons. The Balaban J connectivity index is 2.37. The van der Waals surface area contributed by atoms with Crippen molar-refractivity contribution in [2.45, 2.75) is 12.5 Å². The molecular formula is C14H11BrF4N2. The fourth-order valence-corrected chi connectivity index (χ4v) is 2.59. The van der Waals surface area contributed by atoms with Crippen LogP contribution < -0.4 is 11.3 Å². The molecule has 0 saturated carbocycles. The summed E-state index contributed by atoms with van der Waals surface area (Å²) >= 11 is 2.94. The number of hydrogen-bond donors (Lipinski definition) is 2. The van der Waals surface area contributed by atoms with Crippen LogP contribution in [0.4, 0.5) is 17.6 Å². The first-order valence-electron chi connectivity index (χ1n) is 5.98. The van der Waals surface area contributed by atoms with Gasteiger partial charge in [-0.3, -0.25) is 11.3 Å². The Kier molecular flexibility index (Phi) is 4.97. The molecule has 2 aromatic carbocycles. The molecule has 0 saturated heterocycles. The molecule has 0 aliphatic carbocycles. The van der Waals surface area contributed by atoms with Crippen molar-refractivity contribution in [2.24, 2.45) is 5.84 Å². The summed E-state index contributed by atoms with van der Waals surface area (Å²) in [6.45, 7) is 0. The number of hydrazine groups is 1. The van der Waals surface area contributed by atoms with Crippen LogP contribution in [0, 0.1) is 23.3 Å². The molecule has 2 aromatic rings. The minimum atomic E-state index is -1.06. The predicted molar refractivity (Wildman–Crippen MR) is 74.2 cm³/mol. The lowest BCUT2D eigenvalue weighted by molar-refractivity contribution is 0.473. The second-order valence-corrected chi connectivity index (χ2v) is 5.19. The first-order chi connectivity index (χ1) is 9.95. The zero-order valence-corrected chi connectivity index (χ0v) is 12.2. The smallest absolute Gasteiger partial charge is 0.173 e. The fourth-order valence-electron chi connectivity index (χ4n) is 1.99. The minimum Gasteiger partial charge on any atom is -0.271 e. The Morgan fingerprint density at radius 2 is 1.67 bits per heavy atom. The van der Waals surface area contributed by atoms with Crippen molar-refractivity contribution in [3.63, 3.8) is 0 Å². The van der Waals surface area contributed by atoms with E-state index in [1.807, 2.05) is 0 Å². The van der Waals surface area contributed by atoms with Crippen molar-refractivity contribution >= 4 is 15.9 Å². The molecule has 3 N–H and O–H groups in total. The summed E-state index contributed by atoms with van der Waals surface area (Å²) < 4.78 is 53.4. The van der Waals surface area contributed by atoms with E-state index in [-0.39, 0.29) is 16.5 Å². The third-order valence-electron chi connectivity index (χ3n) is 3.10. The van der Waals surface area contributed by atoms with Crippen molar-refractivity contribution in [1.82, 2.24) is 5.43 Å². The zero-order chi connectivity index (χ0) is 15.6. The van der Waals surface area contributed by atoms with Crippen molar-refractivity contribution in [2.75, 3.05) is 0 Å². The van der Waals surface area contributed by atoms with Gasteiger partial charge in [0.25, 0.3) is 0 Å². The molecule has 0 bridgehead atoms. The molecule has 0 aliphatic rings. The number of nitrogens with one attached hydrogen (secondary N) is 1. The topological polar surface area (TPSA) is 38.0 Å². The van der Waals surface area contributed by atoms with E-state index < -0.39 is 29.3 Å². The molecule has 0 spiro atoms. The molecule has 0 fully saturated rings. The van der Waals surface area contributed by atoms with Crippen molar-refractivity contribution < 1.29 is 17.6 Å². The molecule has 7 heteroatoms. The third-order valence-corrected chi connectivity index (χ3v) is 3.90. The van der Waals surface area contributed by atoms with Gasteiger partial charge in [-0.1, -0.05) is 18.2 Å². The Morgan fingerprint density at radius 3 is 2.33 bits per heavy atom. The van der Waals surface area contributed by atoms with Crippen molar-refractivity contribution in [1.29, 1.82) is 0 Å². The van der Waals surface area contributed by atoms with E-state index in [9.17, 15) is 17.6 Å². The van der Waals surface area contributed by atoms with Gasteiger partial charge in [0, 0.05) is 0 Å². The number of rotatable bonds is 4. The van der Waals surface area contributed by atoms with E-state index in [0.717, 1.165) is 12.1 Å². The first kappa shape index (κ1) is 15.9. The molecule has 21 heavy (non-hydrogen) atoms. The molecule has 0 heterocycles. The summed E-state index contributed by atoms with van der Waals surface area (Å²) in [6.07, 6.45) is -0.0240. The molecule has 0 amide bonds. The Bertz CT molecular complexity index is 664. The van der Waals surface area contributed by atoms with Gasteiger partial charge >= 0.3 is 0 Å². The first-order valence-corrected chi connectivity index (χ1v) is 6.77. The quantitative estimate of drug-likeness (QED) is 0.376. The lowest BCUT2D eigenvalue weighted by Gasteiger charge is -2.19. The lowest BCUT2D eigenvalue weighted by Crippen LogP contribution is -2.30. The van der Waals surface area contributed by atoms with E-state index in [4.69, 9.17) is 5.84 Å². The van der Waals surface area contributed by atoms with Crippen LogP contribution in [0.3, 0.4) is 0 Å².